The van der Waals surface area contributed by atoms with Crippen molar-refractivity contribution in [1.29, 1.82) is 0 Å². The second kappa shape index (κ2) is 8.97. The quantitative estimate of drug-likeness (QED) is 0.546. The Balaban J connectivity index is 1.68. The van der Waals surface area contributed by atoms with Crippen LogP contribution in [0.15, 0.2) is 88.7 Å². The molecular formula is C21H20OS2. The van der Waals surface area contributed by atoms with E-state index in [1.807, 2.05) is 35.7 Å². The van der Waals surface area contributed by atoms with Crippen LogP contribution in [0.3, 0.4) is 0 Å². The van der Waals surface area contributed by atoms with E-state index < -0.39 is 0 Å². The van der Waals surface area contributed by atoms with Crippen molar-refractivity contribution in [2.24, 2.45) is 0 Å². The molecule has 0 aliphatic rings. The van der Waals surface area contributed by atoms with Crippen LogP contribution in [0.4, 0.5) is 0 Å². The number of benzene rings is 3. The summed E-state index contributed by atoms with van der Waals surface area (Å²) in [6.07, 6.45) is 0. The zero-order valence-corrected chi connectivity index (χ0v) is 15.0. The highest BCUT2D eigenvalue weighted by Gasteiger charge is 2.03. The van der Waals surface area contributed by atoms with E-state index >= 15 is 0 Å². The maximum Gasteiger partial charge on any atom is 0.0682 e. The van der Waals surface area contributed by atoms with Gasteiger partial charge in [0.1, 0.15) is 0 Å². The maximum atomic E-state index is 9.54. The van der Waals surface area contributed by atoms with Crippen LogP contribution in [0.1, 0.15) is 16.7 Å². The Bertz CT molecular complexity index is 696. The van der Waals surface area contributed by atoms with Gasteiger partial charge in [-0.15, -0.1) is 23.5 Å². The van der Waals surface area contributed by atoms with E-state index in [0.29, 0.717) is 0 Å². The fourth-order valence-electron chi connectivity index (χ4n) is 2.46. The third-order valence-corrected chi connectivity index (χ3v) is 5.76. The van der Waals surface area contributed by atoms with E-state index in [9.17, 15) is 5.11 Å². The fourth-order valence-corrected chi connectivity index (χ4v) is 4.16. The van der Waals surface area contributed by atoms with Gasteiger partial charge in [0, 0.05) is 21.3 Å². The summed E-state index contributed by atoms with van der Waals surface area (Å²) in [7, 11) is 0. The standard InChI is InChI=1S/C21H20OS2/c22-14-17-11-18(15-23-20-7-3-1-4-8-20)13-19(12-17)16-24-21-9-5-2-6-10-21/h1-13,22H,14-16H2. The van der Waals surface area contributed by atoms with Gasteiger partial charge in [-0.2, -0.15) is 0 Å². The van der Waals surface area contributed by atoms with Gasteiger partial charge in [0.05, 0.1) is 6.61 Å². The topological polar surface area (TPSA) is 20.2 Å². The number of aliphatic hydroxyl groups is 1. The van der Waals surface area contributed by atoms with Crippen molar-refractivity contribution in [2.45, 2.75) is 27.9 Å². The van der Waals surface area contributed by atoms with Gasteiger partial charge in [0.25, 0.3) is 0 Å². The predicted molar refractivity (Wildman–Crippen MR) is 104 cm³/mol. The molecule has 0 radical (unpaired) electrons. The average Bonchev–Trinajstić information content (AvgIpc) is 2.66. The van der Waals surface area contributed by atoms with Crippen molar-refractivity contribution >= 4 is 23.5 Å². The second-order valence-corrected chi connectivity index (χ2v) is 7.62. The molecule has 3 aromatic carbocycles. The average molecular weight is 353 g/mol. The molecule has 0 aliphatic heterocycles. The summed E-state index contributed by atoms with van der Waals surface area (Å²) < 4.78 is 0. The molecule has 0 saturated carbocycles. The summed E-state index contributed by atoms with van der Waals surface area (Å²) in [5, 5.41) is 9.54. The lowest BCUT2D eigenvalue weighted by Crippen LogP contribution is -1.92. The number of rotatable bonds is 7. The van der Waals surface area contributed by atoms with Gasteiger partial charge in [-0.1, -0.05) is 54.6 Å². The number of thioether (sulfide) groups is 2. The Morgan fingerprint density at radius 3 is 1.42 bits per heavy atom. The largest absolute Gasteiger partial charge is 0.392 e. The highest BCUT2D eigenvalue weighted by molar-refractivity contribution is 7.98. The highest BCUT2D eigenvalue weighted by Crippen LogP contribution is 2.27. The van der Waals surface area contributed by atoms with E-state index in [0.717, 1.165) is 17.1 Å². The first-order valence-corrected chi connectivity index (χ1v) is 9.89. The minimum Gasteiger partial charge on any atom is -0.392 e. The van der Waals surface area contributed by atoms with Gasteiger partial charge in [-0.05, 0) is 41.0 Å². The zero-order chi connectivity index (χ0) is 16.6. The van der Waals surface area contributed by atoms with Crippen molar-refractivity contribution in [3.05, 3.63) is 95.6 Å². The lowest BCUT2D eigenvalue weighted by molar-refractivity contribution is 0.281. The van der Waals surface area contributed by atoms with Gasteiger partial charge in [-0.3, -0.25) is 0 Å². The first-order valence-electron chi connectivity index (χ1n) is 7.92. The van der Waals surface area contributed by atoms with Crippen LogP contribution in [0.5, 0.6) is 0 Å². The van der Waals surface area contributed by atoms with Crippen molar-refractivity contribution in [2.75, 3.05) is 0 Å². The van der Waals surface area contributed by atoms with Crippen molar-refractivity contribution in [1.82, 2.24) is 0 Å². The van der Waals surface area contributed by atoms with Gasteiger partial charge >= 0.3 is 0 Å². The first kappa shape index (κ1) is 17.2. The highest BCUT2D eigenvalue weighted by atomic mass is 32.2. The molecule has 0 saturated heterocycles. The fraction of sp³-hybridized carbons (Fsp3) is 0.143. The van der Waals surface area contributed by atoms with Crippen molar-refractivity contribution in [3.8, 4) is 0 Å². The Hall–Kier alpha value is -1.68. The number of aliphatic hydroxyl groups excluding tert-OH is 1. The Morgan fingerprint density at radius 2 is 1.00 bits per heavy atom. The van der Waals surface area contributed by atoms with Crippen molar-refractivity contribution in [3.63, 3.8) is 0 Å². The summed E-state index contributed by atoms with van der Waals surface area (Å²) in [4.78, 5) is 2.54. The van der Waals surface area contributed by atoms with E-state index in [4.69, 9.17) is 0 Å². The number of hydrogen-bond donors (Lipinski definition) is 1. The molecular weight excluding hydrogens is 332 g/mol. The summed E-state index contributed by atoms with van der Waals surface area (Å²) >= 11 is 3.65. The number of hydrogen-bond acceptors (Lipinski definition) is 3. The van der Waals surface area contributed by atoms with Crippen LogP contribution in [0.25, 0.3) is 0 Å². The van der Waals surface area contributed by atoms with E-state index in [2.05, 4.69) is 66.7 Å². The van der Waals surface area contributed by atoms with Gasteiger partial charge in [-0.25, -0.2) is 0 Å². The van der Waals surface area contributed by atoms with Gasteiger partial charge in [0.15, 0.2) is 0 Å². The van der Waals surface area contributed by atoms with Gasteiger partial charge < -0.3 is 5.11 Å². The summed E-state index contributed by atoms with van der Waals surface area (Å²) in [6, 6.07) is 27.3. The molecule has 0 heterocycles. The zero-order valence-electron chi connectivity index (χ0n) is 13.4. The van der Waals surface area contributed by atoms with Crippen LogP contribution in [-0.4, -0.2) is 5.11 Å². The van der Waals surface area contributed by atoms with E-state index in [-0.39, 0.29) is 6.61 Å². The summed E-state index contributed by atoms with van der Waals surface area (Å²) in [5.41, 5.74) is 3.52. The summed E-state index contributed by atoms with van der Waals surface area (Å²) in [5.74, 6) is 1.84. The molecule has 24 heavy (non-hydrogen) atoms. The Labute approximate surface area is 152 Å². The Kier molecular flexibility index (Phi) is 6.41. The molecule has 0 fully saturated rings. The Morgan fingerprint density at radius 1 is 0.583 bits per heavy atom. The molecule has 3 heteroatoms. The lowest BCUT2D eigenvalue weighted by atomic mass is 10.1. The molecule has 0 unspecified atom stereocenters. The minimum atomic E-state index is 0.0901. The smallest absolute Gasteiger partial charge is 0.0682 e. The van der Waals surface area contributed by atoms with Crippen LogP contribution >= 0.6 is 23.5 Å². The second-order valence-electron chi connectivity index (χ2n) is 5.52. The normalized spacial score (nSPS) is 10.7. The molecule has 122 valence electrons. The van der Waals surface area contributed by atoms with Crippen LogP contribution < -0.4 is 0 Å². The SMILES string of the molecule is OCc1cc(CSc2ccccc2)cc(CSc2ccccc2)c1. The molecule has 3 aromatic rings. The molecule has 0 bridgehead atoms. The van der Waals surface area contributed by atoms with Gasteiger partial charge in [0.2, 0.25) is 0 Å². The maximum absolute atomic E-state index is 9.54. The molecule has 1 nitrogen and oxygen atoms in total. The third kappa shape index (κ3) is 5.17. The van der Waals surface area contributed by atoms with Crippen LogP contribution in [0, 0.1) is 0 Å². The minimum absolute atomic E-state index is 0.0901. The van der Waals surface area contributed by atoms with Crippen LogP contribution in [-0.2, 0) is 18.1 Å². The molecule has 0 aliphatic carbocycles. The third-order valence-electron chi connectivity index (χ3n) is 3.59. The molecule has 0 spiro atoms. The van der Waals surface area contributed by atoms with Crippen LogP contribution in [0.2, 0.25) is 0 Å². The monoisotopic (exact) mass is 352 g/mol. The molecule has 0 atom stereocenters. The lowest BCUT2D eigenvalue weighted by Gasteiger charge is -2.09. The predicted octanol–water partition coefficient (Wildman–Crippen LogP) is 5.76. The molecule has 1 N–H and O–H groups in total. The van der Waals surface area contributed by atoms with E-state index in [1.54, 1.807) is 0 Å². The molecule has 0 aromatic heterocycles. The molecule has 3 rings (SSSR count). The van der Waals surface area contributed by atoms with Crippen molar-refractivity contribution < 1.29 is 5.11 Å². The first-order chi connectivity index (χ1) is 11.8. The van der Waals surface area contributed by atoms with E-state index in [1.165, 1.54) is 20.9 Å². The molecule has 0 amide bonds. The summed E-state index contributed by atoms with van der Waals surface area (Å²) in [6.45, 7) is 0.0901.